The maximum Gasteiger partial charge on any atom is 0.312 e. The molecule has 4 rings (SSSR count). The van der Waals surface area contributed by atoms with Gasteiger partial charge in [-0.15, -0.1) is 11.3 Å². The van der Waals surface area contributed by atoms with Crippen molar-refractivity contribution in [3.63, 3.8) is 0 Å². The summed E-state index contributed by atoms with van der Waals surface area (Å²) in [4.78, 5) is 26.6. The minimum absolute atomic E-state index is 0.106. The molecule has 2 aromatic carbocycles. The van der Waals surface area contributed by atoms with Crippen molar-refractivity contribution in [2.24, 2.45) is 0 Å². The van der Waals surface area contributed by atoms with Gasteiger partial charge in [-0.25, -0.2) is 0 Å². The van der Waals surface area contributed by atoms with Gasteiger partial charge in [-0.1, -0.05) is 41.7 Å². The molecule has 7 heteroatoms. The van der Waals surface area contributed by atoms with Gasteiger partial charge in [-0.05, 0) is 55.0 Å². The van der Waals surface area contributed by atoms with Crippen LogP contribution in [0.2, 0.25) is 0 Å². The van der Waals surface area contributed by atoms with E-state index in [0.717, 1.165) is 41.9 Å². The number of para-hydroxylation sites is 2. The first-order valence-corrected chi connectivity index (χ1v) is 12.2. The topological polar surface area (TPSA) is 60.3 Å². The predicted molar refractivity (Wildman–Crippen MR) is 131 cm³/mol. The molecule has 0 aliphatic heterocycles. The van der Waals surface area contributed by atoms with Gasteiger partial charge in [-0.3, -0.25) is 14.2 Å². The first-order chi connectivity index (χ1) is 15.7. The Morgan fingerprint density at radius 2 is 1.91 bits per heavy atom. The van der Waals surface area contributed by atoms with Crippen molar-refractivity contribution >= 4 is 28.6 Å². The maximum absolute atomic E-state index is 12.7. The number of aromatic nitrogens is 1. The lowest BCUT2D eigenvalue weighted by atomic mass is 10.1. The van der Waals surface area contributed by atoms with Gasteiger partial charge in [0.2, 0.25) is 0 Å². The average Bonchev–Trinajstić information content (AvgIpc) is 3.48. The van der Waals surface area contributed by atoms with Gasteiger partial charge >= 0.3 is 4.87 Å². The molecule has 0 saturated carbocycles. The predicted octanol–water partition coefficient (Wildman–Crippen LogP) is 5.39. The lowest BCUT2D eigenvalue weighted by molar-refractivity contribution is 0.0953. The number of carbonyl (C=O) groups is 1. The van der Waals surface area contributed by atoms with Crippen molar-refractivity contribution in [1.29, 1.82) is 0 Å². The molecule has 1 amide bonds. The molecule has 0 bridgehead atoms. The summed E-state index contributed by atoms with van der Waals surface area (Å²) in [5.41, 5.74) is 2.79. The molecule has 0 aliphatic rings. The summed E-state index contributed by atoms with van der Waals surface area (Å²) in [6.45, 7) is 0.638. The number of carbonyl (C=O) groups excluding carboxylic acids is 1. The van der Waals surface area contributed by atoms with Crippen LogP contribution >= 0.6 is 22.7 Å². The average molecular weight is 465 g/mol. The van der Waals surface area contributed by atoms with E-state index in [9.17, 15) is 9.59 Å². The maximum atomic E-state index is 12.7. The zero-order valence-corrected chi connectivity index (χ0v) is 19.4. The second-order valence-electron chi connectivity index (χ2n) is 7.27. The van der Waals surface area contributed by atoms with Crippen LogP contribution in [0.1, 0.15) is 28.1 Å². The largest absolute Gasteiger partial charge is 0.495 e. The van der Waals surface area contributed by atoms with Crippen molar-refractivity contribution in [2.75, 3.05) is 13.7 Å². The number of thiophene rings is 1. The number of rotatable bonds is 9. The summed E-state index contributed by atoms with van der Waals surface area (Å²) in [6.07, 6.45) is 3.02. The number of nitrogens with one attached hydrogen (secondary N) is 1. The molecule has 1 N–H and O–H groups in total. The molecule has 0 radical (unpaired) electrons. The molecule has 0 atom stereocenters. The number of thiazole rings is 1. The summed E-state index contributed by atoms with van der Waals surface area (Å²) in [7, 11) is 1.58. The van der Waals surface area contributed by atoms with E-state index in [1.54, 1.807) is 29.1 Å². The highest BCUT2D eigenvalue weighted by atomic mass is 32.1. The second kappa shape index (κ2) is 10.4. The highest BCUT2D eigenvalue weighted by molar-refractivity contribution is 7.09. The van der Waals surface area contributed by atoms with Crippen LogP contribution in [0, 0.1) is 0 Å². The molecule has 2 aromatic heterocycles. The van der Waals surface area contributed by atoms with Gasteiger partial charge in [0.05, 0.1) is 18.5 Å². The summed E-state index contributed by atoms with van der Waals surface area (Å²) >= 11 is 2.89. The SMILES string of the molecule is COc1ccccc1-n1c(-c2cccc(C(=O)NCCCCc3cccs3)c2)csc1=O. The summed E-state index contributed by atoms with van der Waals surface area (Å²) in [5.74, 6) is 0.509. The molecular weight excluding hydrogens is 440 g/mol. The molecule has 5 nitrogen and oxygen atoms in total. The number of nitrogens with zero attached hydrogens (tertiary/aromatic N) is 1. The van der Waals surface area contributed by atoms with Gasteiger partial charge in [0.1, 0.15) is 5.75 Å². The lowest BCUT2D eigenvalue weighted by Crippen LogP contribution is -2.24. The van der Waals surface area contributed by atoms with E-state index in [0.29, 0.717) is 23.5 Å². The molecule has 0 saturated heterocycles. The third kappa shape index (κ3) is 5.00. The van der Waals surface area contributed by atoms with Crippen molar-refractivity contribution in [3.05, 3.63) is 91.5 Å². The number of aryl methyl sites for hydroxylation is 1. The Bertz CT molecular complexity index is 1240. The molecule has 0 unspecified atom stereocenters. The lowest BCUT2D eigenvalue weighted by Gasteiger charge is -2.12. The van der Waals surface area contributed by atoms with Crippen LogP contribution in [-0.4, -0.2) is 24.1 Å². The highest BCUT2D eigenvalue weighted by Crippen LogP contribution is 2.29. The van der Waals surface area contributed by atoms with Crippen LogP contribution in [0.5, 0.6) is 5.75 Å². The summed E-state index contributed by atoms with van der Waals surface area (Å²) in [6, 6.07) is 19.0. The molecular formula is C25H24N2O3S2. The Balaban J connectivity index is 1.48. The van der Waals surface area contributed by atoms with Gasteiger partial charge < -0.3 is 10.1 Å². The molecule has 0 fully saturated rings. The minimum Gasteiger partial charge on any atom is -0.495 e. The fraction of sp³-hybridized carbons (Fsp3) is 0.200. The van der Waals surface area contributed by atoms with E-state index < -0.39 is 0 Å². The molecule has 0 spiro atoms. The van der Waals surface area contributed by atoms with E-state index in [1.807, 2.05) is 47.8 Å². The normalized spacial score (nSPS) is 10.8. The van der Waals surface area contributed by atoms with Crippen molar-refractivity contribution in [3.8, 4) is 22.7 Å². The monoisotopic (exact) mass is 464 g/mol. The minimum atomic E-state index is -0.107. The van der Waals surface area contributed by atoms with E-state index in [2.05, 4.69) is 22.8 Å². The Hall–Kier alpha value is -3.16. The van der Waals surface area contributed by atoms with Crippen LogP contribution in [0.25, 0.3) is 16.9 Å². The number of ether oxygens (including phenoxy) is 1. The number of benzene rings is 2. The van der Waals surface area contributed by atoms with Gasteiger partial charge in [0.15, 0.2) is 0 Å². The molecule has 4 aromatic rings. The smallest absolute Gasteiger partial charge is 0.312 e. The van der Waals surface area contributed by atoms with Crippen LogP contribution in [-0.2, 0) is 6.42 Å². The highest BCUT2D eigenvalue weighted by Gasteiger charge is 2.16. The fourth-order valence-electron chi connectivity index (χ4n) is 3.55. The second-order valence-corrected chi connectivity index (χ2v) is 9.12. The Morgan fingerprint density at radius 3 is 2.72 bits per heavy atom. The quantitative estimate of drug-likeness (QED) is 0.338. The van der Waals surface area contributed by atoms with Crippen molar-refractivity contribution in [1.82, 2.24) is 9.88 Å². The van der Waals surface area contributed by atoms with Crippen LogP contribution in [0.4, 0.5) is 0 Å². The zero-order valence-electron chi connectivity index (χ0n) is 17.7. The number of amides is 1. The van der Waals surface area contributed by atoms with E-state index in [4.69, 9.17) is 4.74 Å². The Labute approximate surface area is 194 Å². The van der Waals surface area contributed by atoms with Crippen molar-refractivity contribution < 1.29 is 9.53 Å². The van der Waals surface area contributed by atoms with E-state index >= 15 is 0 Å². The van der Waals surface area contributed by atoms with Crippen LogP contribution in [0.3, 0.4) is 0 Å². The number of methoxy groups -OCH3 is 1. The first-order valence-electron chi connectivity index (χ1n) is 10.4. The van der Waals surface area contributed by atoms with E-state index in [1.165, 1.54) is 4.88 Å². The van der Waals surface area contributed by atoms with Crippen LogP contribution < -0.4 is 14.9 Å². The zero-order chi connectivity index (χ0) is 22.3. The number of hydrogen-bond acceptors (Lipinski definition) is 5. The Kier molecular flexibility index (Phi) is 7.19. The molecule has 32 heavy (non-hydrogen) atoms. The fourth-order valence-corrected chi connectivity index (χ4v) is 5.06. The van der Waals surface area contributed by atoms with Gasteiger partial charge in [0, 0.05) is 27.9 Å². The summed E-state index contributed by atoms with van der Waals surface area (Å²) in [5, 5.41) is 6.91. The van der Waals surface area contributed by atoms with Gasteiger partial charge in [-0.2, -0.15) is 0 Å². The summed E-state index contributed by atoms with van der Waals surface area (Å²) < 4.78 is 7.08. The number of unbranched alkanes of at least 4 members (excludes halogenated alkanes) is 1. The molecule has 0 aliphatic carbocycles. The molecule has 164 valence electrons. The molecule has 2 heterocycles. The Morgan fingerprint density at radius 1 is 1.03 bits per heavy atom. The standard InChI is InChI=1S/C25H24N2O3S2/c1-30-23-13-3-2-12-21(23)27-22(17-32-25(27)29)18-8-6-9-19(16-18)24(28)26-14-5-4-10-20-11-7-15-31-20/h2-3,6-9,11-13,15-17H,4-5,10,14H2,1H3,(H,26,28). The van der Waals surface area contributed by atoms with Crippen molar-refractivity contribution in [2.45, 2.75) is 19.3 Å². The van der Waals surface area contributed by atoms with E-state index in [-0.39, 0.29) is 10.8 Å². The van der Waals surface area contributed by atoms with Gasteiger partial charge in [0.25, 0.3) is 5.91 Å². The third-order valence-electron chi connectivity index (χ3n) is 5.16. The van der Waals surface area contributed by atoms with Crippen LogP contribution in [0.15, 0.2) is 76.2 Å². The third-order valence-corrected chi connectivity index (χ3v) is 6.82. The first kappa shape index (κ1) is 22.0. The number of hydrogen-bond donors (Lipinski definition) is 1.